The molecule has 0 saturated carbocycles. The minimum atomic E-state index is -1.12. The van der Waals surface area contributed by atoms with Crippen LogP contribution in [-0.4, -0.2) is 36.1 Å². The van der Waals surface area contributed by atoms with Gasteiger partial charge in [0.05, 0.1) is 0 Å². The van der Waals surface area contributed by atoms with Crippen molar-refractivity contribution in [2.24, 2.45) is 10.8 Å². The van der Waals surface area contributed by atoms with Crippen LogP contribution in [0.2, 0.25) is 0 Å². The van der Waals surface area contributed by atoms with Gasteiger partial charge in [-0.1, -0.05) is 5.11 Å². The standard InChI is InChI=1S/C6H11N5O3/c7-4(6(13)14)1-2-9-5(12)3-10-11-8/h4H,1-3,7H2,(H,9,12)(H,13,14)/t4-/m0/s1. The van der Waals surface area contributed by atoms with Crippen molar-refractivity contribution >= 4 is 11.9 Å². The van der Waals surface area contributed by atoms with Gasteiger partial charge in [0, 0.05) is 11.5 Å². The van der Waals surface area contributed by atoms with Crippen LogP contribution in [0, 0.1) is 0 Å². The molecule has 0 heterocycles. The number of hydrogen-bond donors (Lipinski definition) is 3. The SMILES string of the molecule is [N-]=[N+]=NCC(=O)NCC[C@H](N)C(=O)O. The van der Waals surface area contributed by atoms with Crippen LogP contribution >= 0.6 is 0 Å². The molecule has 0 aliphatic rings. The minimum Gasteiger partial charge on any atom is -0.480 e. The Hall–Kier alpha value is -1.79. The first-order chi connectivity index (χ1) is 6.57. The first-order valence-electron chi connectivity index (χ1n) is 3.84. The largest absolute Gasteiger partial charge is 0.480 e. The van der Waals surface area contributed by atoms with Gasteiger partial charge in [0.2, 0.25) is 5.91 Å². The second kappa shape index (κ2) is 6.70. The van der Waals surface area contributed by atoms with Crippen molar-refractivity contribution in [3.8, 4) is 0 Å². The Labute approximate surface area is 79.7 Å². The summed E-state index contributed by atoms with van der Waals surface area (Å²) in [5.41, 5.74) is 13.1. The third-order valence-electron chi connectivity index (χ3n) is 1.37. The molecule has 1 atom stereocenters. The van der Waals surface area contributed by atoms with Crippen molar-refractivity contribution in [1.29, 1.82) is 0 Å². The summed E-state index contributed by atoms with van der Waals surface area (Å²) < 4.78 is 0. The van der Waals surface area contributed by atoms with E-state index in [-0.39, 0.29) is 19.5 Å². The highest BCUT2D eigenvalue weighted by molar-refractivity contribution is 5.78. The van der Waals surface area contributed by atoms with E-state index in [1.807, 2.05) is 0 Å². The number of carbonyl (C=O) groups excluding carboxylic acids is 1. The zero-order valence-corrected chi connectivity index (χ0v) is 7.38. The highest BCUT2D eigenvalue weighted by Gasteiger charge is 2.10. The van der Waals surface area contributed by atoms with Crippen molar-refractivity contribution in [3.63, 3.8) is 0 Å². The molecule has 0 saturated heterocycles. The number of carbonyl (C=O) groups is 2. The lowest BCUT2D eigenvalue weighted by Gasteiger charge is -2.06. The summed E-state index contributed by atoms with van der Waals surface area (Å²) >= 11 is 0. The number of amides is 1. The predicted octanol–water partition coefficient (Wildman–Crippen LogP) is -0.785. The number of aliphatic carboxylic acids is 1. The number of azide groups is 1. The second-order valence-electron chi connectivity index (χ2n) is 2.47. The molecule has 0 radical (unpaired) electrons. The van der Waals surface area contributed by atoms with Crippen molar-refractivity contribution in [1.82, 2.24) is 5.32 Å². The molecule has 0 bridgehead atoms. The van der Waals surface area contributed by atoms with Gasteiger partial charge in [-0.25, -0.2) is 0 Å². The van der Waals surface area contributed by atoms with Crippen LogP contribution in [0.1, 0.15) is 6.42 Å². The van der Waals surface area contributed by atoms with Crippen molar-refractivity contribution in [2.45, 2.75) is 12.5 Å². The highest BCUT2D eigenvalue weighted by atomic mass is 16.4. The maximum absolute atomic E-state index is 10.8. The minimum absolute atomic E-state index is 0.136. The molecule has 4 N–H and O–H groups in total. The van der Waals surface area contributed by atoms with Gasteiger partial charge in [-0.3, -0.25) is 9.59 Å². The quantitative estimate of drug-likeness (QED) is 0.294. The molecule has 0 aromatic rings. The van der Waals surface area contributed by atoms with Gasteiger partial charge in [0.15, 0.2) is 0 Å². The lowest BCUT2D eigenvalue weighted by molar-refractivity contribution is -0.138. The molecule has 14 heavy (non-hydrogen) atoms. The Morgan fingerprint density at radius 2 is 2.29 bits per heavy atom. The summed E-state index contributed by atoms with van der Waals surface area (Å²) in [6.07, 6.45) is 0.136. The third-order valence-corrected chi connectivity index (χ3v) is 1.37. The van der Waals surface area contributed by atoms with E-state index in [4.69, 9.17) is 16.4 Å². The third kappa shape index (κ3) is 5.81. The van der Waals surface area contributed by atoms with Crippen molar-refractivity contribution < 1.29 is 14.7 Å². The van der Waals surface area contributed by atoms with Crippen molar-refractivity contribution in [2.75, 3.05) is 13.1 Å². The Kier molecular flexibility index (Phi) is 5.84. The fraction of sp³-hybridized carbons (Fsp3) is 0.667. The normalized spacial score (nSPS) is 11.2. The van der Waals surface area contributed by atoms with E-state index in [9.17, 15) is 9.59 Å². The molecule has 0 aromatic heterocycles. The molecule has 0 unspecified atom stereocenters. The van der Waals surface area contributed by atoms with E-state index in [0.717, 1.165) is 0 Å². The monoisotopic (exact) mass is 201 g/mol. The molecule has 8 nitrogen and oxygen atoms in total. The smallest absolute Gasteiger partial charge is 0.320 e. The van der Waals surface area contributed by atoms with E-state index in [2.05, 4.69) is 15.3 Å². The molecule has 0 aliphatic heterocycles. The van der Waals surface area contributed by atoms with Crippen LogP contribution in [0.15, 0.2) is 5.11 Å². The van der Waals surface area contributed by atoms with Gasteiger partial charge in [0.25, 0.3) is 0 Å². The summed E-state index contributed by atoms with van der Waals surface area (Å²) in [5, 5.41) is 13.8. The Balaban J connectivity index is 3.58. The zero-order valence-electron chi connectivity index (χ0n) is 7.38. The average molecular weight is 201 g/mol. The molecule has 0 spiro atoms. The Bertz CT molecular complexity index is 260. The van der Waals surface area contributed by atoms with Crippen LogP contribution in [-0.2, 0) is 9.59 Å². The lowest BCUT2D eigenvalue weighted by atomic mass is 10.2. The van der Waals surface area contributed by atoms with Gasteiger partial charge >= 0.3 is 5.97 Å². The topological polar surface area (TPSA) is 141 Å². The van der Waals surface area contributed by atoms with E-state index >= 15 is 0 Å². The second-order valence-corrected chi connectivity index (χ2v) is 2.47. The fourth-order valence-corrected chi connectivity index (χ4v) is 0.642. The summed E-state index contributed by atoms with van der Waals surface area (Å²) in [6, 6.07) is -0.991. The van der Waals surface area contributed by atoms with Crippen LogP contribution in [0.25, 0.3) is 10.4 Å². The molecule has 0 aliphatic carbocycles. The molecule has 0 aromatic carbocycles. The Morgan fingerprint density at radius 1 is 1.64 bits per heavy atom. The molecular formula is C6H11N5O3. The molecular weight excluding hydrogens is 190 g/mol. The fourth-order valence-electron chi connectivity index (χ4n) is 0.642. The molecule has 8 heteroatoms. The number of hydrogen-bond acceptors (Lipinski definition) is 4. The lowest BCUT2D eigenvalue weighted by Crippen LogP contribution is -2.35. The zero-order chi connectivity index (χ0) is 11.0. The number of nitrogens with one attached hydrogen (secondary N) is 1. The first-order valence-corrected chi connectivity index (χ1v) is 3.84. The molecule has 0 fully saturated rings. The average Bonchev–Trinajstić information content (AvgIpc) is 2.14. The van der Waals surface area contributed by atoms with Gasteiger partial charge < -0.3 is 16.2 Å². The number of nitrogens with two attached hydrogens (primary N) is 1. The summed E-state index contributed by atoms with van der Waals surface area (Å²) in [4.78, 5) is 23.4. The van der Waals surface area contributed by atoms with Crippen LogP contribution in [0.3, 0.4) is 0 Å². The van der Waals surface area contributed by atoms with E-state index < -0.39 is 17.9 Å². The van der Waals surface area contributed by atoms with Gasteiger partial charge in [-0.2, -0.15) is 0 Å². The van der Waals surface area contributed by atoms with E-state index in [1.165, 1.54) is 0 Å². The predicted molar refractivity (Wildman–Crippen MR) is 47.3 cm³/mol. The number of nitrogens with zero attached hydrogens (tertiary/aromatic N) is 3. The Morgan fingerprint density at radius 3 is 2.79 bits per heavy atom. The summed E-state index contributed by atoms with van der Waals surface area (Å²) in [7, 11) is 0. The van der Waals surface area contributed by atoms with E-state index in [0.29, 0.717) is 0 Å². The summed E-state index contributed by atoms with van der Waals surface area (Å²) in [5.74, 6) is -1.57. The number of carboxylic acids is 1. The summed E-state index contributed by atoms with van der Waals surface area (Å²) in [6.45, 7) is -0.147. The van der Waals surface area contributed by atoms with Crippen LogP contribution in [0.5, 0.6) is 0 Å². The van der Waals surface area contributed by atoms with Gasteiger partial charge in [-0.15, -0.1) is 0 Å². The maximum Gasteiger partial charge on any atom is 0.320 e. The molecule has 0 rings (SSSR count). The number of rotatable bonds is 6. The molecule has 1 amide bonds. The maximum atomic E-state index is 10.8. The van der Waals surface area contributed by atoms with E-state index in [1.54, 1.807) is 0 Å². The first kappa shape index (κ1) is 12.2. The molecule has 78 valence electrons. The number of carboxylic acid groups (broad SMARTS) is 1. The van der Waals surface area contributed by atoms with Crippen LogP contribution < -0.4 is 11.1 Å². The highest BCUT2D eigenvalue weighted by Crippen LogP contribution is 1.85. The van der Waals surface area contributed by atoms with Gasteiger partial charge in [0.1, 0.15) is 12.6 Å². The van der Waals surface area contributed by atoms with Crippen molar-refractivity contribution in [3.05, 3.63) is 10.4 Å². The van der Waals surface area contributed by atoms with Gasteiger partial charge in [-0.05, 0) is 12.0 Å². The van der Waals surface area contributed by atoms with Crippen LogP contribution in [0.4, 0.5) is 0 Å².